The molecule has 1 heterocycles. The first kappa shape index (κ1) is 14.9. The third kappa shape index (κ3) is 3.75. The number of amides is 1. The SMILES string of the molecule is COc1cc(N)ccc1NC(=O)CCn1nc(C)cc1C. The van der Waals surface area contributed by atoms with Crippen LogP contribution in [-0.2, 0) is 11.3 Å². The Morgan fingerprint density at radius 1 is 1.38 bits per heavy atom. The summed E-state index contributed by atoms with van der Waals surface area (Å²) in [6, 6.07) is 7.12. The Hall–Kier alpha value is -2.50. The van der Waals surface area contributed by atoms with Crippen LogP contribution in [0.1, 0.15) is 17.8 Å². The van der Waals surface area contributed by atoms with Crippen LogP contribution in [0.5, 0.6) is 5.75 Å². The normalized spacial score (nSPS) is 10.4. The summed E-state index contributed by atoms with van der Waals surface area (Å²) in [5.74, 6) is 0.458. The molecule has 0 radical (unpaired) electrons. The maximum absolute atomic E-state index is 12.0. The van der Waals surface area contributed by atoms with Gasteiger partial charge in [-0.2, -0.15) is 5.10 Å². The minimum absolute atomic E-state index is 0.0920. The molecule has 0 aliphatic heterocycles. The van der Waals surface area contributed by atoms with Crippen molar-refractivity contribution < 1.29 is 9.53 Å². The number of rotatable bonds is 5. The number of hydrogen-bond donors (Lipinski definition) is 2. The molecule has 6 nitrogen and oxygen atoms in total. The lowest BCUT2D eigenvalue weighted by molar-refractivity contribution is -0.116. The van der Waals surface area contributed by atoms with E-state index in [1.54, 1.807) is 25.3 Å². The number of nitrogens with zero attached hydrogens (tertiary/aromatic N) is 2. The predicted octanol–water partition coefficient (Wildman–Crippen LogP) is 2.12. The molecule has 2 aromatic rings. The summed E-state index contributed by atoms with van der Waals surface area (Å²) >= 11 is 0. The van der Waals surface area contributed by atoms with Gasteiger partial charge in [0.15, 0.2) is 0 Å². The predicted molar refractivity (Wildman–Crippen MR) is 82.4 cm³/mol. The molecule has 0 atom stereocenters. The number of aromatic nitrogens is 2. The average Bonchev–Trinajstić information content (AvgIpc) is 2.76. The van der Waals surface area contributed by atoms with Crippen molar-refractivity contribution >= 4 is 17.3 Å². The average molecular weight is 288 g/mol. The van der Waals surface area contributed by atoms with E-state index in [2.05, 4.69) is 10.4 Å². The van der Waals surface area contributed by atoms with E-state index in [-0.39, 0.29) is 5.91 Å². The van der Waals surface area contributed by atoms with Gasteiger partial charge in [0.2, 0.25) is 5.91 Å². The number of nitrogens with one attached hydrogen (secondary N) is 1. The van der Waals surface area contributed by atoms with Crippen LogP contribution in [-0.4, -0.2) is 22.8 Å². The quantitative estimate of drug-likeness (QED) is 0.826. The number of anilines is 2. The van der Waals surface area contributed by atoms with Gasteiger partial charge in [-0.1, -0.05) is 0 Å². The molecule has 1 aromatic carbocycles. The van der Waals surface area contributed by atoms with Gasteiger partial charge in [0.05, 0.1) is 18.5 Å². The van der Waals surface area contributed by atoms with Gasteiger partial charge in [-0.15, -0.1) is 0 Å². The molecule has 0 saturated heterocycles. The zero-order valence-electron chi connectivity index (χ0n) is 12.5. The van der Waals surface area contributed by atoms with Crippen molar-refractivity contribution in [2.75, 3.05) is 18.2 Å². The highest BCUT2D eigenvalue weighted by molar-refractivity contribution is 5.92. The van der Waals surface area contributed by atoms with E-state index in [4.69, 9.17) is 10.5 Å². The summed E-state index contributed by atoms with van der Waals surface area (Å²) < 4.78 is 7.03. The van der Waals surface area contributed by atoms with Crippen LogP contribution >= 0.6 is 0 Å². The van der Waals surface area contributed by atoms with Gasteiger partial charge in [0.25, 0.3) is 0 Å². The van der Waals surface area contributed by atoms with Crippen LogP contribution in [0.3, 0.4) is 0 Å². The highest BCUT2D eigenvalue weighted by Gasteiger charge is 2.09. The molecular formula is C15H20N4O2. The van der Waals surface area contributed by atoms with Crippen molar-refractivity contribution in [3.63, 3.8) is 0 Å². The molecule has 0 fully saturated rings. The Labute approximate surface area is 123 Å². The number of nitrogens with two attached hydrogens (primary N) is 1. The molecule has 0 bridgehead atoms. The summed E-state index contributed by atoms with van der Waals surface area (Å²) in [4.78, 5) is 12.0. The van der Waals surface area contributed by atoms with Crippen molar-refractivity contribution in [2.45, 2.75) is 26.8 Å². The third-order valence-electron chi connectivity index (χ3n) is 3.15. The van der Waals surface area contributed by atoms with Crippen molar-refractivity contribution in [1.82, 2.24) is 9.78 Å². The summed E-state index contributed by atoms with van der Waals surface area (Å²) in [7, 11) is 1.54. The van der Waals surface area contributed by atoms with Gasteiger partial charge >= 0.3 is 0 Å². The van der Waals surface area contributed by atoms with Crippen LogP contribution in [0.25, 0.3) is 0 Å². The second kappa shape index (κ2) is 6.30. The van der Waals surface area contributed by atoms with E-state index in [1.807, 2.05) is 24.6 Å². The van der Waals surface area contributed by atoms with Gasteiger partial charge in [-0.25, -0.2) is 0 Å². The second-order valence-electron chi connectivity index (χ2n) is 4.91. The van der Waals surface area contributed by atoms with Crippen LogP contribution in [0, 0.1) is 13.8 Å². The lowest BCUT2D eigenvalue weighted by Crippen LogP contribution is -2.16. The standard InChI is InChI=1S/C15H20N4O2/c1-10-8-11(2)19(18-10)7-6-15(20)17-13-5-4-12(16)9-14(13)21-3/h4-5,8-9H,6-7,16H2,1-3H3,(H,17,20). The van der Waals surface area contributed by atoms with E-state index >= 15 is 0 Å². The van der Waals surface area contributed by atoms with Crippen LogP contribution in [0.2, 0.25) is 0 Å². The van der Waals surface area contributed by atoms with E-state index in [1.165, 1.54) is 0 Å². The molecule has 0 aliphatic rings. The minimum atomic E-state index is -0.0920. The van der Waals surface area contributed by atoms with Crippen LogP contribution in [0.15, 0.2) is 24.3 Å². The molecule has 1 amide bonds. The molecule has 112 valence electrons. The highest BCUT2D eigenvalue weighted by Crippen LogP contribution is 2.26. The summed E-state index contributed by atoms with van der Waals surface area (Å²) in [6.45, 7) is 4.45. The largest absolute Gasteiger partial charge is 0.494 e. The molecule has 21 heavy (non-hydrogen) atoms. The molecule has 0 unspecified atom stereocenters. The molecule has 1 aromatic heterocycles. The van der Waals surface area contributed by atoms with Crippen molar-refractivity contribution in [3.05, 3.63) is 35.7 Å². The van der Waals surface area contributed by atoms with Crippen LogP contribution < -0.4 is 15.8 Å². The van der Waals surface area contributed by atoms with E-state index in [9.17, 15) is 4.79 Å². The number of carbonyl (C=O) groups is 1. The highest BCUT2D eigenvalue weighted by atomic mass is 16.5. The number of benzene rings is 1. The van der Waals surface area contributed by atoms with Gasteiger partial charge in [-0.05, 0) is 32.0 Å². The Kier molecular flexibility index (Phi) is 4.47. The first-order valence-electron chi connectivity index (χ1n) is 6.74. The summed E-state index contributed by atoms with van der Waals surface area (Å²) in [5.41, 5.74) is 8.89. The van der Waals surface area contributed by atoms with Gasteiger partial charge < -0.3 is 15.8 Å². The molecule has 3 N–H and O–H groups in total. The first-order valence-corrected chi connectivity index (χ1v) is 6.74. The first-order chi connectivity index (χ1) is 9.99. The monoisotopic (exact) mass is 288 g/mol. The maximum Gasteiger partial charge on any atom is 0.226 e. The Balaban J connectivity index is 1.97. The number of ether oxygens (including phenoxy) is 1. The smallest absolute Gasteiger partial charge is 0.226 e. The van der Waals surface area contributed by atoms with Crippen molar-refractivity contribution in [2.24, 2.45) is 0 Å². The van der Waals surface area contributed by atoms with Crippen molar-refractivity contribution in [3.8, 4) is 5.75 Å². The van der Waals surface area contributed by atoms with Crippen LogP contribution in [0.4, 0.5) is 11.4 Å². The number of methoxy groups -OCH3 is 1. The summed E-state index contributed by atoms with van der Waals surface area (Å²) in [6.07, 6.45) is 0.343. The van der Waals surface area contributed by atoms with E-state index in [0.717, 1.165) is 11.4 Å². The minimum Gasteiger partial charge on any atom is -0.494 e. The topological polar surface area (TPSA) is 82.2 Å². The number of carbonyl (C=O) groups excluding carboxylic acids is 1. The van der Waals surface area contributed by atoms with Gasteiger partial charge in [0.1, 0.15) is 5.75 Å². The van der Waals surface area contributed by atoms with Gasteiger partial charge in [0, 0.05) is 30.4 Å². The Bertz CT molecular complexity index is 649. The lowest BCUT2D eigenvalue weighted by atomic mass is 10.2. The van der Waals surface area contributed by atoms with Gasteiger partial charge in [-0.3, -0.25) is 9.48 Å². The van der Waals surface area contributed by atoms with Crippen molar-refractivity contribution in [1.29, 1.82) is 0 Å². The number of hydrogen-bond acceptors (Lipinski definition) is 4. The van der Waals surface area contributed by atoms with E-state index in [0.29, 0.717) is 30.1 Å². The molecule has 0 aliphatic carbocycles. The fourth-order valence-electron chi connectivity index (χ4n) is 2.13. The maximum atomic E-state index is 12.0. The molecule has 2 rings (SSSR count). The van der Waals surface area contributed by atoms with E-state index < -0.39 is 0 Å². The molecule has 0 saturated carbocycles. The Morgan fingerprint density at radius 2 is 2.14 bits per heavy atom. The molecule has 0 spiro atoms. The Morgan fingerprint density at radius 3 is 2.76 bits per heavy atom. The fraction of sp³-hybridized carbons (Fsp3) is 0.333. The molecule has 6 heteroatoms. The fourth-order valence-corrected chi connectivity index (χ4v) is 2.13. The summed E-state index contributed by atoms with van der Waals surface area (Å²) in [5, 5.41) is 7.15. The third-order valence-corrected chi connectivity index (χ3v) is 3.15. The number of nitrogen functional groups attached to an aromatic ring is 1. The zero-order chi connectivity index (χ0) is 15.4. The lowest BCUT2D eigenvalue weighted by Gasteiger charge is -2.11. The zero-order valence-corrected chi connectivity index (χ0v) is 12.5. The second-order valence-corrected chi connectivity index (χ2v) is 4.91. The molecular weight excluding hydrogens is 268 g/mol. The number of aryl methyl sites for hydroxylation is 3.